The maximum atomic E-state index is 13.7. The summed E-state index contributed by atoms with van der Waals surface area (Å²) in [6.45, 7) is 5.15. The van der Waals surface area contributed by atoms with E-state index in [4.69, 9.17) is 4.74 Å². The highest BCUT2D eigenvalue weighted by Crippen LogP contribution is 2.61. The highest BCUT2D eigenvalue weighted by atomic mass is 16.5. The summed E-state index contributed by atoms with van der Waals surface area (Å²) in [6, 6.07) is 22.8. The first-order valence-electron chi connectivity index (χ1n) is 11.0. The van der Waals surface area contributed by atoms with Crippen molar-refractivity contribution in [2.45, 2.75) is 18.8 Å². The van der Waals surface area contributed by atoms with Crippen LogP contribution in [0.3, 0.4) is 0 Å². The molecule has 0 N–H and O–H groups in total. The molecule has 33 heavy (non-hydrogen) atoms. The first-order valence-corrected chi connectivity index (χ1v) is 11.0. The number of esters is 1. The lowest BCUT2D eigenvalue weighted by Crippen LogP contribution is -2.41. The third-order valence-corrected chi connectivity index (χ3v) is 7.10. The minimum Gasteiger partial charge on any atom is -0.423 e. The highest BCUT2D eigenvalue weighted by molar-refractivity contribution is 6.23. The smallest absolute Gasteiger partial charge is 0.338 e. The van der Waals surface area contributed by atoms with Crippen LogP contribution in [0.4, 0.5) is 5.69 Å². The van der Waals surface area contributed by atoms with Crippen LogP contribution in [-0.4, -0.2) is 17.8 Å². The Hall–Kier alpha value is -3.99. The lowest BCUT2D eigenvalue weighted by Gasteiger charge is -2.45. The van der Waals surface area contributed by atoms with E-state index in [0.29, 0.717) is 17.0 Å². The number of imide groups is 1. The van der Waals surface area contributed by atoms with Crippen LogP contribution in [0.5, 0.6) is 5.75 Å². The summed E-state index contributed by atoms with van der Waals surface area (Å²) < 4.78 is 5.24. The second-order valence-corrected chi connectivity index (χ2v) is 8.94. The van der Waals surface area contributed by atoms with Crippen LogP contribution in [-0.2, 0) is 14.4 Å². The second-order valence-electron chi connectivity index (χ2n) is 8.94. The summed E-state index contributed by atoms with van der Waals surface area (Å²) in [4.78, 5) is 40.5. The predicted molar refractivity (Wildman–Crippen MR) is 123 cm³/mol. The van der Waals surface area contributed by atoms with Crippen molar-refractivity contribution in [3.8, 4) is 5.75 Å². The van der Waals surface area contributed by atoms with E-state index in [1.54, 1.807) is 31.2 Å². The fourth-order valence-electron chi connectivity index (χ4n) is 5.79. The van der Waals surface area contributed by atoms with Gasteiger partial charge in [-0.1, -0.05) is 55.1 Å². The van der Waals surface area contributed by atoms with Gasteiger partial charge in [-0.05, 0) is 53.4 Å². The summed E-state index contributed by atoms with van der Waals surface area (Å²) in [6.07, 6.45) is 0. The lowest BCUT2D eigenvalue weighted by atomic mass is 9.55. The number of ether oxygens (including phenoxy) is 1. The average Bonchev–Trinajstić information content (AvgIpc) is 3.10. The molecule has 0 unspecified atom stereocenters. The first kappa shape index (κ1) is 19.7. The van der Waals surface area contributed by atoms with Gasteiger partial charge in [-0.15, -0.1) is 0 Å². The Morgan fingerprint density at radius 1 is 0.758 bits per heavy atom. The Morgan fingerprint density at radius 3 is 1.58 bits per heavy atom. The molecule has 1 fully saturated rings. The Labute approximate surface area is 191 Å². The standard InChI is InChI=1S/C28H21NO4/c1-15(2)28(32)33-17-13-11-16(12-14-17)29-26(30)24-22-18-7-3-4-8-19(18)23(25(24)27(29)31)21-10-6-5-9-20(21)22/h3-14,22-25H,1H2,2H3/t22?,23?,24-,25+. The largest absolute Gasteiger partial charge is 0.423 e. The van der Waals surface area contributed by atoms with Gasteiger partial charge in [0.1, 0.15) is 5.75 Å². The fraction of sp³-hybridized carbons (Fsp3) is 0.179. The Bertz CT molecular complexity index is 1240. The third kappa shape index (κ3) is 2.68. The van der Waals surface area contributed by atoms with Crippen molar-refractivity contribution in [1.29, 1.82) is 0 Å². The molecule has 2 amide bonds. The second kappa shape index (κ2) is 7.01. The number of nitrogens with zero attached hydrogens (tertiary/aromatic N) is 1. The molecule has 5 heteroatoms. The molecule has 162 valence electrons. The SMILES string of the molecule is C=C(C)C(=O)Oc1ccc(N2C(=O)[C@@H]3C4c5ccccc5C(c5ccccc54)[C@@H]3C2=O)cc1. The van der Waals surface area contributed by atoms with E-state index in [9.17, 15) is 14.4 Å². The van der Waals surface area contributed by atoms with E-state index in [1.165, 1.54) is 4.90 Å². The molecule has 0 radical (unpaired) electrons. The van der Waals surface area contributed by atoms with E-state index in [-0.39, 0.29) is 23.7 Å². The number of carbonyl (C=O) groups is 3. The van der Waals surface area contributed by atoms with Gasteiger partial charge in [-0.2, -0.15) is 0 Å². The number of rotatable bonds is 3. The Kier molecular flexibility index (Phi) is 4.18. The number of carbonyl (C=O) groups excluding carboxylic acids is 3. The lowest BCUT2D eigenvalue weighted by molar-refractivity contribution is -0.130. The molecule has 3 aliphatic carbocycles. The average molecular weight is 435 g/mol. The van der Waals surface area contributed by atoms with Gasteiger partial charge in [0.05, 0.1) is 17.5 Å². The minimum absolute atomic E-state index is 0.135. The molecule has 2 bridgehead atoms. The van der Waals surface area contributed by atoms with Gasteiger partial charge in [-0.25, -0.2) is 9.69 Å². The summed E-state index contributed by atoms with van der Waals surface area (Å²) >= 11 is 0. The first-order chi connectivity index (χ1) is 16.0. The van der Waals surface area contributed by atoms with Gasteiger partial charge in [0, 0.05) is 17.4 Å². The van der Waals surface area contributed by atoms with Gasteiger partial charge < -0.3 is 4.74 Å². The molecule has 0 saturated carbocycles. The topological polar surface area (TPSA) is 63.7 Å². The fourth-order valence-corrected chi connectivity index (χ4v) is 5.79. The molecule has 0 spiro atoms. The molecule has 1 aliphatic heterocycles. The van der Waals surface area contributed by atoms with Crippen LogP contribution in [0.2, 0.25) is 0 Å². The Morgan fingerprint density at radius 2 is 1.18 bits per heavy atom. The van der Waals surface area contributed by atoms with E-state index < -0.39 is 17.8 Å². The van der Waals surface area contributed by atoms with Crippen molar-refractivity contribution in [2.24, 2.45) is 11.8 Å². The van der Waals surface area contributed by atoms with E-state index in [0.717, 1.165) is 22.3 Å². The zero-order chi connectivity index (χ0) is 22.9. The molecule has 7 rings (SSSR count). The number of hydrogen-bond donors (Lipinski definition) is 0. The quantitative estimate of drug-likeness (QED) is 0.262. The van der Waals surface area contributed by atoms with Crippen LogP contribution in [0.1, 0.15) is 41.0 Å². The maximum Gasteiger partial charge on any atom is 0.338 e. The van der Waals surface area contributed by atoms with Crippen LogP contribution < -0.4 is 9.64 Å². The summed E-state index contributed by atoms with van der Waals surface area (Å²) in [5.41, 5.74) is 5.37. The predicted octanol–water partition coefficient (Wildman–Crippen LogP) is 4.56. The van der Waals surface area contributed by atoms with Crippen LogP contribution >= 0.6 is 0 Å². The van der Waals surface area contributed by atoms with Gasteiger partial charge in [0.15, 0.2) is 0 Å². The molecular weight excluding hydrogens is 414 g/mol. The molecule has 3 aromatic carbocycles. The summed E-state index contributed by atoms with van der Waals surface area (Å²) in [7, 11) is 0. The van der Waals surface area contributed by atoms with Gasteiger partial charge >= 0.3 is 5.97 Å². The van der Waals surface area contributed by atoms with Crippen LogP contribution in [0.25, 0.3) is 0 Å². The third-order valence-electron chi connectivity index (χ3n) is 7.10. The van der Waals surface area contributed by atoms with Gasteiger partial charge in [0.2, 0.25) is 11.8 Å². The van der Waals surface area contributed by atoms with Crippen molar-refractivity contribution < 1.29 is 19.1 Å². The van der Waals surface area contributed by atoms with E-state index >= 15 is 0 Å². The summed E-state index contributed by atoms with van der Waals surface area (Å²) in [5.74, 6) is -1.64. The molecule has 5 nitrogen and oxygen atoms in total. The molecule has 4 aliphatic rings. The molecule has 3 aromatic rings. The monoisotopic (exact) mass is 435 g/mol. The number of benzene rings is 3. The van der Waals surface area contributed by atoms with Crippen LogP contribution in [0, 0.1) is 11.8 Å². The molecule has 0 aromatic heterocycles. The van der Waals surface area contributed by atoms with Gasteiger partial charge in [0.25, 0.3) is 0 Å². The molecule has 1 heterocycles. The van der Waals surface area contributed by atoms with Crippen molar-refractivity contribution >= 4 is 23.5 Å². The molecular formula is C28H21NO4. The number of amides is 2. The van der Waals surface area contributed by atoms with E-state index in [2.05, 4.69) is 30.8 Å². The molecule has 2 atom stereocenters. The zero-order valence-corrected chi connectivity index (χ0v) is 18.0. The van der Waals surface area contributed by atoms with Crippen LogP contribution in [0.15, 0.2) is 84.9 Å². The van der Waals surface area contributed by atoms with Crippen molar-refractivity contribution in [2.75, 3.05) is 4.90 Å². The van der Waals surface area contributed by atoms with Crippen molar-refractivity contribution in [3.63, 3.8) is 0 Å². The van der Waals surface area contributed by atoms with Crippen molar-refractivity contribution in [3.05, 3.63) is 107 Å². The normalized spacial score (nSPS) is 24.2. The Balaban J connectivity index is 1.40. The number of hydrogen-bond acceptors (Lipinski definition) is 4. The molecule has 1 saturated heterocycles. The van der Waals surface area contributed by atoms with Gasteiger partial charge in [-0.3, -0.25) is 9.59 Å². The van der Waals surface area contributed by atoms with Crippen molar-refractivity contribution in [1.82, 2.24) is 0 Å². The highest BCUT2D eigenvalue weighted by Gasteiger charge is 2.61. The summed E-state index contributed by atoms with van der Waals surface area (Å²) in [5, 5.41) is 0. The maximum absolute atomic E-state index is 13.7. The zero-order valence-electron chi connectivity index (χ0n) is 18.0. The van der Waals surface area contributed by atoms with E-state index in [1.807, 2.05) is 24.3 Å². The number of anilines is 1. The minimum atomic E-state index is -0.519.